The van der Waals surface area contributed by atoms with Gasteiger partial charge in [0.25, 0.3) is 16.7 Å². The van der Waals surface area contributed by atoms with E-state index in [0.29, 0.717) is 22.2 Å². The molecule has 0 aliphatic heterocycles. The summed E-state index contributed by atoms with van der Waals surface area (Å²) in [5.74, 6) is -0.313. The Morgan fingerprint density at radius 3 is 2.46 bits per heavy atom. The first-order valence-corrected chi connectivity index (χ1v) is 9.52. The number of rotatable bonds is 3. The molecule has 3 rings (SSSR count). The number of benzene rings is 2. The summed E-state index contributed by atoms with van der Waals surface area (Å²) in [6.45, 7) is 0. The molecule has 7 nitrogen and oxygen atoms in total. The Morgan fingerprint density at radius 1 is 1.14 bits per heavy atom. The van der Waals surface area contributed by atoms with Crippen molar-refractivity contribution < 1.29 is 9.59 Å². The number of nitrogens with one attached hydrogen (secondary N) is 2. The van der Waals surface area contributed by atoms with Crippen LogP contribution in [0.4, 0.5) is 10.5 Å². The quantitative estimate of drug-likeness (QED) is 0.505. The van der Waals surface area contributed by atoms with Crippen molar-refractivity contribution in [2.24, 2.45) is 7.05 Å². The Balaban J connectivity index is 1.79. The van der Waals surface area contributed by atoms with Crippen LogP contribution in [0.5, 0.6) is 0 Å². The SMILES string of the molecule is CN(C)C(=O)Sc1ccc(NC(=O)c2ccc3c(=O)n(C)c(=S)[nH]c3c2)cc1. The number of thioether (sulfide) groups is 1. The molecule has 2 aromatic carbocycles. The van der Waals surface area contributed by atoms with Gasteiger partial charge in [0, 0.05) is 37.3 Å². The molecule has 9 heteroatoms. The molecular weight excluding hydrogens is 396 g/mol. The van der Waals surface area contributed by atoms with Gasteiger partial charge in [0.15, 0.2) is 4.77 Å². The lowest BCUT2D eigenvalue weighted by Crippen LogP contribution is -2.19. The summed E-state index contributed by atoms with van der Waals surface area (Å²) < 4.78 is 1.63. The second-order valence-corrected chi connectivity index (χ2v) is 7.71. The molecule has 0 aliphatic rings. The van der Waals surface area contributed by atoms with Gasteiger partial charge in [-0.2, -0.15) is 0 Å². The lowest BCUT2D eigenvalue weighted by molar-refractivity contribution is 0.102. The van der Waals surface area contributed by atoms with Crippen LogP contribution in [-0.4, -0.2) is 39.7 Å². The van der Waals surface area contributed by atoms with Gasteiger partial charge in [-0.3, -0.25) is 19.0 Å². The van der Waals surface area contributed by atoms with Crippen LogP contribution in [0.2, 0.25) is 0 Å². The molecule has 0 unspecified atom stereocenters. The van der Waals surface area contributed by atoms with Gasteiger partial charge in [-0.25, -0.2) is 0 Å². The molecule has 0 bridgehead atoms. The Hall–Kier alpha value is -2.91. The van der Waals surface area contributed by atoms with Crippen molar-refractivity contribution in [1.82, 2.24) is 14.5 Å². The first-order chi connectivity index (χ1) is 13.3. The summed E-state index contributed by atoms with van der Waals surface area (Å²) in [6, 6.07) is 11.8. The average Bonchev–Trinajstić information content (AvgIpc) is 2.67. The van der Waals surface area contributed by atoms with E-state index in [1.807, 2.05) is 0 Å². The van der Waals surface area contributed by atoms with Gasteiger partial charge < -0.3 is 15.2 Å². The summed E-state index contributed by atoms with van der Waals surface area (Å²) in [7, 11) is 4.97. The van der Waals surface area contributed by atoms with Gasteiger partial charge in [-0.15, -0.1) is 0 Å². The van der Waals surface area contributed by atoms with E-state index >= 15 is 0 Å². The fraction of sp³-hybridized carbons (Fsp3) is 0.158. The molecule has 2 amide bonds. The largest absolute Gasteiger partial charge is 0.339 e. The standard InChI is InChI=1S/C19H18N4O3S2/c1-22(2)19(26)28-13-7-5-12(6-8-13)20-16(24)11-4-9-14-15(10-11)21-18(27)23(3)17(14)25/h4-10H,1-3H3,(H,20,24)(H,21,27). The number of carbonyl (C=O) groups is 2. The number of anilines is 1. The van der Waals surface area contributed by atoms with Gasteiger partial charge in [0.05, 0.1) is 10.9 Å². The molecule has 0 saturated heterocycles. The van der Waals surface area contributed by atoms with Crippen LogP contribution in [0.1, 0.15) is 10.4 Å². The monoisotopic (exact) mass is 414 g/mol. The predicted molar refractivity (Wildman–Crippen MR) is 114 cm³/mol. The van der Waals surface area contributed by atoms with E-state index in [2.05, 4.69) is 10.3 Å². The molecule has 0 radical (unpaired) electrons. The highest BCUT2D eigenvalue weighted by atomic mass is 32.2. The number of H-pyrrole nitrogens is 1. The number of fused-ring (bicyclic) bond motifs is 1. The van der Waals surface area contributed by atoms with E-state index in [0.717, 1.165) is 16.7 Å². The number of hydrogen-bond donors (Lipinski definition) is 2. The lowest BCUT2D eigenvalue weighted by atomic mass is 10.1. The number of aromatic nitrogens is 2. The fourth-order valence-corrected chi connectivity index (χ4v) is 3.30. The minimum atomic E-state index is -0.313. The minimum Gasteiger partial charge on any atom is -0.339 e. The van der Waals surface area contributed by atoms with Gasteiger partial charge in [-0.05, 0) is 66.4 Å². The van der Waals surface area contributed by atoms with Crippen LogP contribution in [0, 0.1) is 4.77 Å². The smallest absolute Gasteiger partial charge is 0.285 e. The van der Waals surface area contributed by atoms with Gasteiger partial charge in [0.2, 0.25) is 0 Å². The van der Waals surface area contributed by atoms with E-state index in [4.69, 9.17) is 12.2 Å². The summed E-state index contributed by atoms with van der Waals surface area (Å²) >= 11 is 6.23. The average molecular weight is 415 g/mol. The highest BCUT2D eigenvalue weighted by Gasteiger charge is 2.11. The summed E-state index contributed by atoms with van der Waals surface area (Å²) in [5.41, 5.74) is 1.29. The van der Waals surface area contributed by atoms with Crippen molar-refractivity contribution in [3.63, 3.8) is 0 Å². The van der Waals surface area contributed by atoms with Gasteiger partial charge in [-0.1, -0.05) is 0 Å². The maximum absolute atomic E-state index is 12.5. The molecule has 28 heavy (non-hydrogen) atoms. The molecule has 2 N–H and O–H groups in total. The predicted octanol–water partition coefficient (Wildman–Crippen LogP) is 3.62. The number of carbonyl (C=O) groups excluding carboxylic acids is 2. The summed E-state index contributed by atoms with van der Waals surface area (Å²) in [6.07, 6.45) is 0. The molecule has 0 fully saturated rings. The summed E-state index contributed by atoms with van der Waals surface area (Å²) in [4.78, 5) is 41.7. The third-order valence-electron chi connectivity index (χ3n) is 4.05. The van der Waals surface area contributed by atoms with Crippen LogP contribution in [0.3, 0.4) is 0 Å². The molecule has 144 valence electrons. The topological polar surface area (TPSA) is 87.2 Å². The zero-order chi connectivity index (χ0) is 20.4. The van der Waals surface area contributed by atoms with Crippen molar-refractivity contribution in [1.29, 1.82) is 0 Å². The molecule has 1 aromatic heterocycles. The van der Waals surface area contributed by atoms with Crippen LogP contribution >= 0.6 is 24.0 Å². The van der Waals surface area contributed by atoms with Crippen LogP contribution in [0.15, 0.2) is 52.2 Å². The molecule has 0 saturated carbocycles. The van der Waals surface area contributed by atoms with Crippen molar-refractivity contribution >= 4 is 51.7 Å². The van der Waals surface area contributed by atoms with E-state index < -0.39 is 0 Å². The molecule has 3 aromatic rings. The molecule has 1 heterocycles. The fourth-order valence-electron chi connectivity index (χ4n) is 2.45. The van der Waals surface area contributed by atoms with Crippen LogP contribution in [0.25, 0.3) is 10.9 Å². The molecule has 0 spiro atoms. The Morgan fingerprint density at radius 2 is 1.82 bits per heavy atom. The second kappa shape index (κ2) is 7.99. The maximum Gasteiger partial charge on any atom is 0.285 e. The van der Waals surface area contributed by atoms with Crippen LogP contribution < -0.4 is 10.9 Å². The molecular formula is C19H18N4O3S2. The number of hydrogen-bond acceptors (Lipinski definition) is 5. The second-order valence-electron chi connectivity index (χ2n) is 6.30. The zero-order valence-electron chi connectivity index (χ0n) is 15.5. The van der Waals surface area contributed by atoms with Crippen molar-refractivity contribution in [3.05, 3.63) is 63.2 Å². The maximum atomic E-state index is 12.5. The zero-order valence-corrected chi connectivity index (χ0v) is 17.1. The Bertz CT molecular complexity index is 1180. The van der Waals surface area contributed by atoms with Gasteiger partial charge in [0.1, 0.15) is 0 Å². The van der Waals surface area contributed by atoms with Crippen molar-refractivity contribution in [3.8, 4) is 0 Å². The summed E-state index contributed by atoms with van der Waals surface area (Å²) in [5, 5.41) is 3.19. The van der Waals surface area contributed by atoms with E-state index in [-0.39, 0.29) is 21.5 Å². The minimum absolute atomic E-state index is 0.0727. The van der Waals surface area contributed by atoms with E-state index in [9.17, 15) is 14.4 Å². The highest BCUT2D eigenvalue weighted by Crippen LogP contribution is 2.23. The number of amides is 2. The van der Waals surface area contributed by atoms with E-state index in [1.165, 1.54) is 9.47 Å². The normalized spacial score (nSPS) is 10.7. The van der Waals surface area contributed by atoms with Crippen molar-refractivity contribution in [2.45, 2.75) is 4.90 Å². The third-order valence-corrected chi connectivity index (χ3v) is 5.47. The third kappa shape index (κ3) is 4.15. The Labute approximate surface area is 170 Å². The first-order valence-electron chi connectivity index (χ1n) is 8.30. The van der Waals surface area contributed by atoms with Crippen molar-refractivity contribution in [2.75, 3.05) is 19.4 Å². The molecule has 0 atom stereocenters. The van der Waals surface area contributed by atoms with E-state index in [1.54, 1.807) is 63.6 Å². The van der Waals surface area contributed by atoms with Gasteiger partial charge >= 0.3 is 0 Å². The number of aromatic amines is 1. The number of nitrogens with zero attached hydrogens (tertiary/aromatic N) is 2. The highest BCUT2D eigenvalue weighted by molar-refractivity contribution is 8.13. The van der Waals surface area contributed by atoms with Crippen LogP contribution in [-0.2, 0) is 7.05 Å². The first kappa shape index (κ1) is 19.8. The molecule has 0 aliphatic carbocycles. The lowest BCUT2D eigenvalue weighted by Gasteiger charge is -2.10. The Kier molecular flexibility index (Phi) is 5.66.